The standard InChI is InChI=1S/C17H22N6O2/c24-15(21-7-4-8-21)13-23-17(18-19-20-23)16(14-5-2-1-3-6-14)22-9-11-25-12-10-22/h1-3,5-6,16H,4,7-13H2/t16-/m1/s1. The third-order valence-corrected chi connectivity index (χ3v) is 4.82. The number of nitrogens with zero attached hydrogens (tertiary/aromatic N) is 6. The maximum Gasteiger partial charge on any atom is 0.244 e. The summed E-state index contributed by atoms with van der Waals surface area (Å²) < 4.78 is 7.14. The Morgan fingerprint density at radius 3 is 2.56 bits per heavy atom. The molecule has 1 aromatic carbocycles. The number of rotatable bonds is 5. The molecule has 2 aromatic rings. The first kappa shape index (κ1) is 16.2. The van der Waals surface area contributed by atoms with Crippen molar-refractivity contribution in [2.75, 3.05) is 39.4 Å². The Balaban J connectivity index is 1.63. The van der Waals surface area contributed by atoms with E-state index >= 15 is 0 Å². The molecule has 3 heterocycles. The average Bonchev–Trinajstić information content (AvgIpc) is 3.03. The lowest BCUT2D eigenvalue weighted by Crippen LogP contribution is -2.44. The summed E-state index contributed by atoms with van der Waals surface area (Å²) in [5, 5.41) is 12.2. The van der Waals surface area contributed by atoms with E-state index in [1.807, 2.05) is 23.1 Å². The molecule has 1 aromatic heterocycles. The van der Waals surface area contributed by atoms with Crippen LogP contribution in [0.15, 0.2) is 30.3 Å². The van der Waals surface area contributed by atoms with E-state index in [4.69, 9.17) is 4.74 Å². The molecule has 2 fully saturated rings. The monoisotopic (exact) mass is 342 g/mol. The molecule has 0 saturated carbocycles. The minimum absolute atomic E-state index is 0.0774. The minimum Gasteiger partial charge on any atom is -0.379 e. The number of ether oxygens (including phenoxy) is 1. The topological polar surface area (TPSA) is 76.4 Å². The molecule has 132 valence electrons. The van der Waals surface area contributed by atoms with Gasteiger partial charge in [-0.05, 0) is 22.4 Å². The van der Waals surface area contributed by atoms with Crippen LogP contribution in [0.1, 0.15) is 23.9 Å². The van der Waals surface area contributed by atoms with Crippen molar-refractivity contribution in [3.8, 4) is 0 Å². The molecule has 0 radical (unpaired) electrons. The highest BCUT2D eigenvalue weighted by Gasteiger charge is 2.30. The summed E-state index contributed by atoms with van der Waals surface area (Å²) >= 11 is 0. The number of aromatic nitrogens is 4. The number of benzene rings is 1. The van der Waals surface area contributed by atoms with Crippen LogP contribution in [-0.4, -0.2) is 75.3 Å². The van der Waals surface area contributed by atoms with Gasteiger partial charge in [0.1, 0.15) is 6.54 Å². The van der Waals surface area contributed by atoms with Crippen LogP contribution in [0.5, 0.6) is 0 Å². The highest BCUT2D eigenvalue weighted by atomic mass is 16.5. The molecule has 8 nitrogen and oxygen atoms in total. The van der Waals surface area contributed by atoms with E-state index in [9.17, 15) is 4.79 Å². The van der Waals surface area contributed by atoms with Crippen LogP contribution in [0.25, 0.3) is 0 Å². The molecular formula is C17H22N6O2. The number of carbonyl (C=O) groups is 1. The number of hydrogen-bond donors (Lipinski definition) is 0. The Bertz CT molecular complexity index is 709. The van der Waals surface area contributed by atoms with Crippen molar-refractivity contribution in [3.63, 3.8) is 0 Å². The predicted octanol–water partition coefficient (Wildman–Crippen LogP) is 0.327. The normalized spacial score (nSPS) is 19.4. The van der Waals surface area contributed by atoms with E-state index < -0.39 is 0 Å². The summed E-state index contributed by atoms with van der Waals surface area (Å²) in [5.74, 6) is 0.788. The first-order chi connectivity index (χ1) is 12.3. The maximum absolute atomic E-state index is 12.4. The van der Waals surface area contributed by atoms with Gasteiger partial charge in [-0.25, -0.2) is 4.68 Å². The maximum atomic E-state index is 12.4. The van der Waals surface area contributed by atoms with E-state index in [0.717, 1.165) is 38.2 Å². The molecule has 0 unspecified atom stereocenters. The second kappa shape index (κ2) is 7.28. The molecule has 25 heavy (non-hydrogen) atoms. The number of tetrazole rings is 1. The Labute approximate surface area is 146 Å². The number of amides is 1. The summed E-state index contributed by atoms with van der Waals surface area (Å²) in [6.45, 7) is 4.87. The van der Waals surface area contributed by atoms with Crippen LogP contribution in [0, 0.1) is 0 Å². The lowest BCUT2D eigenvalue weighted by molar-refractivity contribution is -0.135. The van der Waals surface area contributed by atoms with Crippen molar-refractivity contribution in [2.45, 2.75) is 19.0 Å². The van der Waals surface area contributed by atoms with E-state index in [1.165, 1.54) is 0 Å². The van der Waals surface area contributed by atoms with Gasteiger partial charge in [0.2, 0.25) is 5.91 Å². The lowest BCUT2D eigenvalue weighted by Gasteiger charge is -2.34. The quantitative estimate of drug-likeness (QED) is 0.779. The number of carbonyl (C=O) groups excluding carboxylic acids is 1. The van der Waals surface area contributed by atoms with Gasteiger partial charge >= 0.3 is 0 Å². The van der Waals surface area contributed by atoms with Gasteiger partial charge < -0.3 is 9.64 Å². The summed E-state index contributed by atoms with van der Waals surface area (Å²) in [6.07, 6.45) is 1.08. The zero-order valence-corrected chi connectivity index (χ0v) is 14.1. The molecule has 0 aliphatic carbocycles. The zero-order valence-electron chi connectivity index (χ0n) is 14.1. The average molecular weight is 342 g/mol. The van der Waals surface area contributed by atoms with Crippen LogP contribution in [0.3, 0.4) is 0 Å². The van der Waals surface area contributed by atoms with Crippen LogP contribution < -0.4 is 0 Å². The molecule has 1 atom stereocenters. The fourth-order valence-corrected chi connectivity index (χ4v) is 3.31. The molecular weight excluding hydrogens is 320 g/mol. The molecule has 0 bridgehead atoms. The Morgan fingerprint density at radius 1 is 1.12 bits per heavy atom. The molecule has 0 N–H and O–H groups in total. The van der Waals surface area contributed by atoms with Crippen LogP contribution in [0.2, 0.25) is 0 Å². The van der Waals surface area contributed by atoms with Crippen molar-refractivity contribution < 1.29 is 9.53 Å². The highest BCUT2D eigenvalue weighted by Crippen LogP contribution is 2.27. The molecule has 8 heteroatoms. The van der Waals surface area contributed by atoms with Gasteiger partial charge in [0.05, 0.1) is 19.3 Å². The van der Waals surface area contributed by atoms with Gasteiger partial charge in [0.25, 0.3) is 0 Å². The Hall–Kier alpha value is -2.32. The number of morpholine rings is 1. The van der Waals surface area contributed by atoms with Crippen molar-refractivity contribution in [1.82, 2.24) is 30.0 Å². The molecule has 2 aliphatic rings. The minimum atomic E-state index is -0.0794. The van der Waals surface area contributed by atoms with E-state index in [1.54, 1.807) is 4.68 Å². The predicted molar refractivity (Wildman–Crippen MR) is 89.7 cm³/mol. The van der Waals surface area contributed by atoms with Crippen LogP contribution in [0.4, 0.5) is 0 Å². The Kier molecular flexibility index (Phi) is 4.71. The number of likely N-dealkylation sites (tertiary alicyclic amines) is 1. The molecule has 4 rings (SSSR count). The van der Waals surface area contributed by atoms with Gasteiger partial charge in [-0.2, -0.15) is 0 Å². The zero-order chi connectivity index (χ0) is 17.1. The summed E-state index contributed by atoms with van der Waals surface area (Å²) in [4.78, 5) is 16.5. The lowest BCUT2D eigenvalue weighted by atomic mass is 10.0. The molecule has 2 saturated heterocycles. The van der Waals surface area contributed by atoms with Crippen molar-refractivity contribution >= 4 is 5.91 Å². The first-order valence-electron chi connectivity index (χ1n) is 8.73. The van der Waals surface area contributed by atoms with Crippen LogP contribution in [-0.2, 0) is 16.1 Å². The van der Waals surface area contributed by atoms with Gasteiger partial charge in [-0.3, -0.25) is 9.69 Å². The second-order valence-electron chi connectivity index (χ2n) is 6.39. The van der Waals surface area contributed by atoms with Gasteiger partial charge in [0.15, 0.2) is 5.82 Å². The van der Waals surface area contributed by atoms with Gasteiger partial charge in [-0.1, -0.05) is 30.3 Å². The van der Waals surface area contributed by atoms with E-state index in [-0.39, 0.29) is 18.5 Å². The van der Waals surface area contributed by atoms with Crippen molar-refractivity contribution in [2.24, 2.45) is 0 Å². The summed E-state index contributed by atoms with van der Waals surface area (Å²) in [6, 6.07) is 10.1. The van der Waals surface area contributed by atoms with E-state index in [0.29, 0.717) is 19.0 Å². The SMILES string of the molecule is O=C(Cn1nnnc1[C@@H](c1ccccc1)N1CCOCC1)N1CCC1. The van der Waals surface area contributed by atoms with Crippen molar-refractivity contribution in [1.29, 1.82) is 0 Å². The largest absolute Gasteiger partial charge is 0.379 e. The second-order valence-corrected chi connectivity index (χ2v) is 6.39. The summed E-state index contributed by atoms with van der Waals surface area (Å²) in [7, 11) is 0. The molecule has 0 spiro atoms. The fraction of sp³-hybridized carbons (Fsp3) is 0.529. The van der Waals surface area contributed by atoms with Gasteiger partial charge in [0, 0.05) is 26.2 Å². The van der Waals surface area contributed by atoms with Crippen LogP contribution >= 0.6 is 0 Å². The molecule has 1 amide bonds. The summed E-state index contributed by atoms with van der Waals surface area (Å²) in [5.41, 5.74) is 1.12. The third kappa shape index (κ3) is 3.40. The number of hydrogen-bond acceptors (Lipinski definition) is 6. The Morgan fingerprint density at radius 2 is 1.88 bits per heavy atom. The third-order valence-electron chi connectivity index (χ3n) is 4.82. The molecule has 2 aliphatic heterocycles. The smallest absolute Gasteiger partial charge is 0.244 e. The van der Waals surface area contributed by atoms with Gasteiger partial charge in [-0.15, -0.1) is 5.10 Å². The van der Waals surface area contributed by atoms with Crippen molar-refractivity contribution in [3.05, 3.63) is 41.7 Å². The fourth-order valence-electron chi connectivity index (χ4n) is 3.31. The first-order valence-corrected chi connectivity index (χ1v) is 8.73. The van der Waals surface area contributed by atoms with E-state index in [2.05, 4.69) is 32.6 Å². The highest BCUT2D eigenvalue weighted by molar-refractivity contribution is 5.76.